The molecule has 3 rings (SSSR count). The van der Waals surface area contributed by atoms with Crippen LogP contribution in [-0.2, 0) is 6.54 Å². The van der Waals surface area contributed by atoms with Crippen molar-refractivity contribution in [2.75, 3.05) is 39.8 Å². The summed E-state index contributed by atoms with van der Waals surface area (Å²) in [5, 5.41) is 0. The fraction of sp³-hybridized carbons (Fsp3) is 0.545. The van der Waals surface area contributed by atoms with Crippen molar-refractivity contribution in [3.05, 3.63) is 42.2 Å². The Bertz CT molecular complexity index is 682. The van der Waals surface area contributed by atoms with Gasteiger partial charge in [-0.25, -0.2) is 9.97 Å². The number of likely N-dealkylation sites (tertiary alicyclic amines) is 1. The highest BCUT2D eigenvalue weighted by molar-refractivity contribution is 5.55. The molecule has 146 valence electrons. The van der Waals surface area contributed by atoms with Crippen LogP contribution < -0.4 is 4.74 Å². The molecule has 0 amide bonds. The summed E-state index contributed by atoms with van der Waals surface area (Å²) in [5.41, 5.74) is 2.20. The number of piperidine rings is 1. The van der Waals surface area contributed by atoms with Crippen molar-refractivity contribution in [1.29, 1.82) is 0 Å². The topological polar surface area (TPSA) is 41.5 Å². The highest BCUT2D eigenvalue weighted by Crippen LogP contribution is 2.21. The second-order valence-electron chi connectivity index (χ2n) is 7.37. The van der Waals surface area contributed by atoms with Gasteiger partial charge in [-0.3, -0.25) is 4.90 Å². The maximum absolute atomic E-state index is 5.21. The van der Waals surface area contributed by atoms with Gasteiger partial charge in [-0.05, 0) is 62.7 Å². The largest absolute Gasteiger partial charge is 0.497 e. The smallest absolute Gasteiger partial charge is 0.159 e. The van der Waals surface area contributed by atoms with Crippen molar-refractivity contribution in [3.8, 4) is 17.1 Å². The van der Waals surface area contributed by atoms with Crippen LogP contribution in [0.5, 0.6) is 5.75 Å². The van der Waals surface area contributed by atoms with E-state index in [4.69, 9.17) is 4.74 Å². The quantitative estimate of drug-likeness (QED) is 0.710. The van der Waals surface area contributed by atoms with Crippen LogP contribution in [0.4, 0.5) is 0 Å². The second-order valence-corrected chi connectivity index (χ2v) is 7.37. The number of methoxy groups -OCH3 is 1. The Hall–Kier alpha value is -1.98. The van der Waals surface area contributed by atoms with E-state index in [1.54, 1.807) is 7.11 Å². The fourth-order valence-electron chi connectivity index (χ4n) is 3.87. The Kier molecular flexibility index (Phi) is 7.18. The molecule has 1 aromatic carbocycles. The molecule has 1 saturated heterocycles. The van der Waals surface area contributed by atoms with E-state index >= 15 is 0 Å². The predicted molar refractivity (Wildman–Crippen MR) is 110 cm³/mol. The standard InChI is InChI=1S/C22H32N4O/c1-4-25(5-2)15-18-7-6-12-26(16-18)17-19-13-23-22(24-14-19)20-8-10-21(27-3)11-9-20/h8-11,13-14,18H,4-7,12,15-17H2,1-3H3/t18-/m1/s1. The lowest BCUT2D eigenvalue weighted by molar-refractivity contribution is 0.132. The summed E-state index contributed by atoms with van der Waals surface area (Å²) >= 11 is 0. The van der Waals surface area contributed by atoms with Crippen LogP contribution in [0.1, 0.15) is 32.3 Å². The first-order valence-corrected chi connectivity index (χ1v) is 10.1. The second kappa shape index (κ2) is 9.81. The molecule has 27 heavy (non-hydrogen) atoms. The lowest BCUT2D eigenvalue weighted by Gasteiger charge is -2.35. The van der Waals surface area contributed by atoms with E-state index in [1.165, 1.54) is 38.0 Å². The average Bonchev–Trinajstić information content (AvgIpc) is 2.73. The molecule has 0 unspecified atom stereocenters. The van der Waals surface area contributed by atoms with Gasteiger partial charge in [0.15, 0.2) is 5.82 Å². The summed E-state index contributed by atoms with van der Waals surface area (Å²) < 4.78 is 5.21. The van der Waals surface area contributed by atoms with Crippen LogP contribution >= 0.6 is 0 Å². The van der Waals surface area contributed by atoms with Crippen LogP contribution in [0.25, 0.3) is 11.4 Å². The molecule has 0 radical (unpaired) electrons. The molecule has 1 aliphatic heterocycles. The SMILES string of the molecule is CCN(CC)C[C@H]1CCCN(Cc2cnc(-c3ccc(OC)cc3)nc2)C1. The molecular weight excluding hydrogens is 336 g/mol. The summed E-state index contributed by atoms with van der Waals surface area (Å²) in [6.45, 7) is 11.3. The molecular formula is C22H32N4O. The van der Waals surface area contributed by atoms with Crippen LogP contribution in [0.2, 0.25) is 0 Å². The van der Waals surface area contributed by atoms with Gasteiger partial charge in [0, 0.05) is 43.2 Å². The Morgan fingerprint density at radius 1 is 1.11 bits per heavy atom. The van der Waals surface area contributed by atoms with E-state index < -0.39 is 0 Å². The van der Waals surface area contributed by atoms with Gasteiger partial charge < -0.3 is 9.64 Å². The Morgan fingerprint density at radius 3 is 2.44 bits per heavy atom. The van der Waals surface area contributed by atoms with Gasteiger partial charge >= 0.3 is 0 Å². The lowest BCUT2D eigenvalue weighted by atomic mass is 9.97. The zero-order chi connectivity index (χ0) is 19.1. The van der Waals surface area contributed by atoms with Crippen molar-refractivity contribution >= 4 is 0 Å². The predicted octanol–water partition coefficient (Wildman–Crippen LogP) is 3.71. The maximum atomic E-state index is 5.21. The van der Waals surface area contributed by atoms with Crippen molar-refractivity contribution in [2.24, 2.45) is 5.92 Å². The maximum Gasteiger partial charge on any atom is 0.159 e. The van der Waals surface area contributed by atoms with Crippen LogP contribution in [0.3, 0.4) is 0 Å². The van der Waals surface area contributed by atoms with E-state index in [0.717, 1.165) is 42.7 Å². The van der Waals surface area contributed by atoms with Gasteiger partial charge in [-0.1, -0.05) is 13.8 Å². The Labute approximate surface area is 163 Å². The normalized spacial score (nSPS) is 18.0. The summed E-state index contributed by atoms with van der Waals surface area (Å²) in [7, 11) is 1.67. The first kappa shape index (κ1) is 19.8. The van der Waals surface area contributed by atoms with Crippen LogP contribution in [0.15, 0.2) is 36.7 Å². The minimum absolute atomic E-state index is 0.763. The fourth-order valence-corrected chi connectivity index (χ4v) is 3.87. The molecule has 1 fully saturated rings. The number of hydrogen-bond acceptors (Lipinski definition) is 5. The highest BCUT2D eigenvalue weighted by Gasteiger charge is 2.21. The molecule has 0 aliphatic carbocycles. The van der Waals surface area contributed by atoms with Crippen LogP contribution in [0, 0.1) is 5.92 Å². The van der Waals surface area contributed by atoms with Crippen LogP contribution in [-0.4, -0.2) is 59.6 Å². The number of benzene rings is 1. The van der Waals surface area contributed by atoms with Gasteiger partial charge in [0.05, 0.1) is 7.11 Å². The number of ether oxygens (including phenoxy) is 1. The van der Waals surface area contributed by atoms with Gasteiger partial charge in [-0.15, -0.1) is 0 Å². The number of aromatic nitrogens is 2. The molecule has 0 N–H and O–H groups in total. The minimum atomic E-state index is 0.763. The molecule has 5 heteroatoms. The Balaban J connectivity index is 1.57. The molecule has 1 aliphatic rings. The van der Waals surface area contributed by atoms with Crippen molar-refractivity contribution in [2.45, 2.75) is 33.2 Å². The molecule has 0 saturated carbocycles. The third-order valence-corrected chi connectivity index (χ3v) is 5.47. The first-order valence-electron chi connectivity index (χ1n) is 10.1. The Morgan fingerprint density at radius 2 is 1.81 bits per heavy atom. The average molecular weight is 369 g/mol. The van der Waals surface area contributed by atoms with E-state index in [0.29, 0.717) is 0 Å². The van der Waals surface area contributed by atoms with E-state index in [1.807, 2.05) is 36.7 Å². The highest BCUT2D eigenvalue weighted by atomic mass is 16.5. The zero-order valence-corrected chi connectivity index (χ0v) is 16.9. The summed E-state index contributed by atoms with van der Waals surface area (Å²) in [4.78, 5) is 14.3. The molecule has 0 spiro atoms. The minimum Gasteiger partial charge on any atom is -0.497 e. The van der Waals surface area contributed by atoms with Gasteiger partial charge in [0.1, 0.15) is 5.75 Å². The van der Waals surface area contributed by atoms with E-state index in [2.05, 4.69) is 33.6 Å². The molecule has 1 aromatic heterocycles. The summed E-state index contributed by atoms with van der Waals surface area (Å²) in [5.74, 6) is 2.39. The van der Waals surface area contributed by atoms with Gasteiger partial charge in [-0.2, -0.15) is 0 Å². The zero-order valence-electron chi connectivity index (χ0n) is 16.9. The summed E-state index contributed by atoms with van der Waals surface area (Å²) in [6.07, 6.45) is 6.58. The molecule has 5 nitrogen and oxygen atoms in total. The molecule has 2 heterocycles. The third-order valence-electron chi connectivity index (χ3n) is 5.47. The number of rotatable bonds is 8. The summed E-state index contributed by atoms with van der Waals surface area (Å²) in [6, 6.07) is 7.87. The number of hydrogen-bond donors (Lipinski definition) is 0. The molecule has 0 bridgehead atoms. The molecule has 2 aromatic rings. The van der Waals surface area contributed by atoms with Crippen molar-refractivity contribution < 1.29 is 4.74 Å². The first-order chi connectivity index (χ1) is 13.2. The third kappa shape index (κ3) is 5.50. The monoisotopic (exact) mass is 368 g/mol. The van der Waals surface area contributed by atoms with Crippen molar-refractivity contribution in [1.82, 2.24) is 19.8 Å². The van der Waals surface area contributed by atoms with E-state index in [-0.39, 0.29) is 0 Å². The van der Waals surface area contributed by atoms with Gasteiger partial charge in [0.25, 0.3) is 0 Å². The number of nitrogens with zero attached hydrogens (tertiary/aromatic N) is 4. The lowest BCUT2D eigenvalue weighted by Crippen LogP contribution is -2.40. The van der Waals surface area contributed by atoms with E-state index in [9.17, 15) is 0 Å². The van der Waals surface area contributed by atoms with Crippen molar-refractivity contribution in [3.63, 3.8) is 0 Å². The van der Waals surface area contributed by atoms with Gasteiger partial charge in [0.2, 0.25) is 0 Å². The molecule has 1 atom stereocenters.